The van der Waals surface area contributed by atoms with E-state index in [1.165, 1.54) is 21.2 Å². The van der Waals surface area contributed by atoms with Crippen molar-refractivity contribution in [2.24, 2.45) is 44.8 Å². The number of nitrogens with two attached hydrogens (primary N) is 4. The minimum Gasteiger partial charge on any atom is -0.447 e. The van der Waals surface area contributed by atoms with Crippen LogP contribution in [-0.4, -0.2) is 294 Å². The van der Waals surface area contributed by atoms with Crippen molar-refractivity contribution < 1.29 is 84.9 Å². The molecule has 12 N–H and O–H groups in total. The van der Waals surface area contributed by atoms with Crippen LogP contribution in [0, 0.1) is 11.8 Å². The number of Topliss-reactive ketones (excluding diaryl/α,β-unsaturated/α-hetero) is 3. The van der Waals surface area contributed by atoms with E-state index in [0.717, 1.165) is 0 Å². The van der Waals surface area contributed by atoms with Crippen LogP contribution in [0.15, 0.2) is 9.98 Å². The topological polar surface area (TPSA) is 443 Å². The Balaban J connectivity index is 1.18. The molecule has 11 unspecified atom stereocenters. The monoisotopic (exact) mass is 1480 g/mol. The summed E-state index contributed by atoms with van der Waals surface area (Å²) in [6.07, 6.45) is 3.71. The van der Waals surface area contributed by atoms with Gasteiger partial charge in [-0.25, -0.2) is 28.1 Å². The average molecular weight is 1480 g/mol. The highest BCUT2D eigenvalue weighted by atomic mass is 31.2. The summed E-state index contributed by atoms with van der Waals surface area (Å²) in [4.78, 5) is 101. The Hall–Kier alpha value is -4.60. The fourth-order valence-electron chi connectivity index (χ4n) is 12.4. The molecular formula is C63H121N16O18P3. The molecule has 100 heavy (non-hydrogen) atoms. The van der Waals surface area contributed by atoms with E-state index < -0.39 is 71.3 Å². The molecule has 0 spiro atoms. The third kappa shape index (κ3) is 31.4. The Labute approximate surface area is 592 Å². The normalized spacial score (nSPS) is 22.8. The van der Waals surface area contributed by atoms with Crippen LogP contribution < -0.4 is 38.9 Å². The summed E-state index contributed by atoms with van der Waals surface area (Å²) in [5.41, 5.74) is 21.8. The van der Waals surface area contributed by atoms with E-state index in [0.29, 0.717) is 110 Å². The van der Waals surface area contributed by atoms with E-state index in [1.807, 2.05) is 20.8 Å². The van der Waals surface area contributed by atoms with Gasteiger partial charge in [0, 0.05) is 142 Å². The Bertz CT molecular complexity index is 2760. The number of ether oxygens (including phenoxy) is 4. The van der Waals surface area contributed by atoms with Crippen LogP contribution in [0.25, 0.3) is 0 Å². The maximum absolute atomic E-state index is 15.0. The Kier molecular flexibility index (Phi) is 40.0. The van der Waals surface area contributed by atoms with Crippen molar-refractivity contribution in [1.82, 2.24) is 49.1 Å². The molecule has 4 fully saturated rings. The quantitative estimate of drug-likeness (QED) is 0.0188. The zero-order valence-electron chi connectivity index (χ0n) is 60.8. The van der Waals surface area contributed by atoms with Crippen molar-refractivity contribution >= 4 is 75.9 Å². The molecule has 4 saturated heterocycles. The minimum absolute atomic E-state index is 0.00608. The zero-order chi connectivity index (χ0) is 74.0. The number of nitrogens with one attached hydrogen (secondary N) is 3. The Morgan fingerprint density at radius 1 is 0.560 bits per heavy atom. The number of aliphatic hydroxyl groups excluding tert-OH is 1. The molecule has 4 aliphatic rings. The van der Waals surface area contributed by atoms with Crippen molar-refractivity contribution in [3.05, 3.63) is 0 Å². The summed E-state index contributed by atoms with van der Waals surface area (Å²) >= 11 is 0. The van der Waals surface area contributed by atoms with Crippen LogP contribution in [-0.2, 0) is 75.0 Å². The van der Waals surface area contributed by atoms with Gasteiger partial charge in [-0.2, -0.15) is 0 Å². The Morgan fingerprint density at radius 2 is 1.03 bits per heavy atom. The van der Waals surface area contributed by atoms with Crippen molar-refractivity contribution in [1.29, 1.82) is 0 Å². The molecule has 0 aliphatic carbocycles. The molecular weight excluding hydrogens is 1360 g/mol. The summed E-state index contributed by atoms with van der Waals surface area (Å²) in [5, 5.41) is 17.9. The lowest BCUT2D eigenvalue weighted by molar-refractivity contribution is -0.146. The highest BCUT2D eigenvalue weighted by Gasteiger charge is 2.46. The number of morpholine rings is 3. The number of ketones is 3. The molecule has 0 aromatic rings. The molecule has 0 aromatic carbocycles. The van der Waals surface area contributed by atoms with Crippen molar-refractivity contribution in [3.8, 4) is 0 Å². The number of piperazine rings is 1. The number of nitrogens with zero attached hydrogens (tertiary/aromatic N) is 9. The average Bonchev–Trinajstić information content (AvgIpc) is 0.801. The molecule has 4 rings (SSSR count). The number of carbonyl (C=O) groups is 7. The van der Waals surface area contributed by atoms with Crippen molar-refractivity contribution in [2.75, 3.05) is 166 Å². The van der Waals surface area contributed by atoms with Gasteiger partial charge in [0.05, 0.1) is 69.3 Å². The summed E-state index contributed by atoms with van der Waals surface area (Å²) in [6, 6.07) is 0. The fraction of sp³-hybridized carbons (Fsp3) is 0.857. The van der Waals surface area contributed by atoms with Gasteiger partial charge in [-0.1, -0.05) is 12.8 Å². The molecule has 4 aliphatic heterocycles. The van der Waals surface area contributed by atoms with Crippen LogP contribution in [0.4, 0.5) is 4.79 Å². The molecule has 0 bridgehead atoms. The second-order valence-electron chi connectivity index (χ2n) is 26.8. The van der Waals surface area contributed by atoms with Crippen LogP contribution in [0.1, 0.15) is 137 Å². The first-order valence-electron chi connectivity index (χ1n) is 35.4. The van der Waals surface area contributed by atoms with Gasteiger partial charge in [-0.05, 0) is 121 Å². The lowest BCUT2D eigenvalue weighted by atomic mass is 9.93. The lowest BCUT2D eigenvalue weighted by Gasteiger charge is -2.44. The van der Waals surface area contributed by atoms with E-state index >= 15 is 4.57 Å². The van der Waals surface area contributed by atoms with E-state index in [4.69, 9.17) is 60.6 Å². The number of aliphatic imine (C=N–C) groups is 2. The molecule has 0 saturated carbocycles. The molecule has 4 heterocycles. The minimum atomic E-state index is -3.77. The molecule has 11 atom stereocenters. The number of hydrogen-bond acceptors (Lipinski definition) is 21. The summed E-state index contributed by atoms with van der Waals surface area (Å²) in [5.74, 6) is -1.78. The maximum atomic E-state index is 15.0. The van der Waals surface area contributed by atoms with Crippen LogP contribution in [0.5, 0.6) is 0 Å². The summed E-state index contributed by atoms with van der Waals surface area (Å²) in [6.45, 7) is 10.0. The fourth-order valence-corrected chi connectivity index (χ4v) is 18.6. The number of hydrogen-bond donors (Lipinski definition) is 8. The standard InChI is InChI=1S/C63H121N16O18P3/c1-47(81)35-51(19-17-27-71-61(64)65)59(85)69-25-15-11-13-22-54(83)36-52(20-18-28-72-62(66)67)60(86)70-26-14-10-12-21-53(82)23-16-24-58(84)76-37-48(2)95-55(40-76)43-92-98(88,46-68-5)78-38-49(3)96-56(41-78)44-94-100(90,74(8)9)79-39-50(4)97-57(42-79)45-93-99(89,73(6)7)77-31-29-75(30-32-77)63(87)91-34-33-80/h48-52,55-57,68,80H,10-46H2,1-9H3,(H,69,85)(H,70,86)(H4,64,65,71)(H4,66,67,72). The number of guanidine groups is 2. The first-order chi connectivity index (χ1) is 47.4. The third-order valence-corrected chi connectivity index (χ3v) is 25.0. The molecule has 576 valence electrons. The van der Waals surface area contributed by atoms with E-state index in [1.54, 1.807) is 54.1 Å². The second kappa shape index (κ2) is 45.6. The highest BCUT2D eigenvalue weighted by molar-refractivity contribution is 7.56. The predicted molar refractivity (Wildman–Crippen MR) is 380 cm³/mol. The van der Waals surface area contributed by atoms with Gasteiger partial charge in [0.2, 0.25) is 17.7 Å². The van der Waals surface area contributed by atoms with Gasteiger partial charge in [0.25, 0.3) is 7.52 Å². The Morgan fingerprint density at radius 3 is 1.54 bits per heavy atom. The largest absolute Gasteiger partial charge is 0.447 e. The van der Waals surface area contributed by atoms with Crippen LogP contribution in [0.2, 0.25) is 0 Å². The molecule has 0 aromatic heterocycles. The predicted octanol–water partition coefficient (Wildman–Crippen LogP) is 2.66. The van der Waals surface area contributed by atoms with E-state index in [-0.39, 0.29) is 183 Å². The molecule has 37 heteroatoms. The number of carbonyl (C=O) groups excluding carboxylic acids is 7. The zero-order valence-corrected chi connectivity index (χ0v) is 63.5. The number of aliphatic hydroxyl groups is 1. The van der Waals surface area contributed by atoms with Gasteiger partial charge in [0.1, 0.15) is 24.0 Å². The SMILES string of the molecule is CNCP(=O)(OCC1CN(C(=O)CCCC(=O)CCCCCNC(=O)C(CCCN=C(N)N)CC(=O)CCCCCNC(=O)C(CCCN=C(N)N)CC(C)=O)CC(C)O1)N1CC(C)OC(COP(=O)(N(C)C)N2CC(C)OC(COP(=O)(N(C)C)N3CCN(C(=O)OCCO)CC3)C2)C1. The first-order valence-corrected chi connectivity index (χ1v) is 40.2. The third-order valence-electron chi connectivity index (χ3n) is 17.4. The van der Waals surface area contributed by atoms with Gasteiger partial charge in [-0.15, -0.1) is 0 Å². The summed E-state index contributed by atoms with van der Waals surface area (Å²) < 4.78 is 95.4. The number of amides is 4. The lowest BCUT2D eigenvalue weighted by Crippen LogP contribution is -2.51. The van der Waals surface area contributed by atoms with Gasteiger partial charge in [0.15, 0.2) is 11.9 Å². The molecule has 34 nitrogen and oxygen atoms in total. The van der Waals surface area contributed by atoms with Crippen molar-refractivity contribution in [3.63, 3.8) is 0 Å². The molecule has 0 radical (unpaired) electrons. The number of rotatable bonds is 48. The highest BCUT2D eigenvalue weighted by Crippen LogP contribution is 2.56. The smallest absolute Gasteiger partial charge is 0.409 e. The van der Waals surface area contributed by atoms with Gasteiger partial charge in [-0.3, -0.25) is 47.7 Å². The van der Waals surface area contributed by atoms with Crippen LogP contribution in [0.3, 0.4) is 0 Å². The van der Waals surface area contributed by atoms with Crippen molar-refractivity contribution in [2.45, 2.75) is 173 Å². The maximum Gasteiger partial charge on any atom is 0.409 e. The van der Waals surface area contributed by atoms with Gasteiger partial charge >= 0.3 is 21.4 Å². The number of unbranched alkanes of at least 4 members (excludes halogenated alkanes) is 4. The summed E-state index contributed by atoms with van der Waals surface area (Å²) in [7, 11) is -2.70. The van der Waals surface area contributed by atoms with Gasteiger partial charge < -0.3 is 91.1 Å². The van der Waals surface area contributed by atoms with E-state index in [9.17, 15) is 42.7 Å². The second-order valence-corrected chi connectivity index (χ2v) is 34.4. The van der Waals surface area contributed by atoms with Crippen LogP contribution >= 0.6 is 22.9 Å². The molecule has 4 amide bonds. The van der Waals surface area contributed by atoms with E-state index in [2.05, 4.69) is 25.9 Å². The first kappa shape index (κ1) is 87.8.